The molecule has 108 valence electrons. The van der Waals surface area contributed by atoms with Crippen molar-refractivity contribution >= 4 is 17.2 Å². The molecule has 2 aromatic carbocycles. The molecule has 0 fully saturated rings. The maximum Gasteiger partial charge on any atom is 0.0283 e. The minimum Gasteiger partial charge on any atom is -0.400 e. The molecule has 0 bridgehead atoms. The molecule has 0 saturated heterocycles. The van der Waals surface area contributed by atoms with Gasteiger partial charge in [-0.2, -0.15) is 31.5 Å². The molecular formula is C16H19N2OY2-3. The van der Waals surface area contributed by atoms with E-state index in [1.807, 2.05) is 24.3 Å². The van der Waals surface area contributed by atoms with Gasteiger partial charge in [0, 0.05) is 82.6 Å². The van der Waals surface area contributed by atoms with Crippen molar-refractivity contribution in [2.75, 3.05) is 11.5 Å². The summed E-state index contributed by atoms with van der Waals surface area (Å²) in [4.78, 5) is 10.6. The smallest absolute Gasteiger partial charge is 0.0283 e. The van der Waals surface area contributed by atoms with Crippen molar-refractivity contribution in [3.05, 3.63) is 80.9 Å². The molecular weight excluding hydrogens is 414 g/mol. The molecule has 5 heteroatoms. The van der Waals surface area contributed by atoms with E-state index in [2.05, 4.69) is 13.8 Å². The summed E-state index contributed by atoms with van der Waals surface area (Å²) in [6.07, 6.45) is 0. The molecule has 0 aliphatic rings. The zero-order valence-electron chi connectivity index (χ0n) is 12.3. The van der Waals surface area contributed by atoms with Gasteiger partial charge in [0.1, 0.15) is 0 Å². The third-order valence-corrected chi connectivity index (χ3v) is 2.21. The van der Waals surface area contributed by atoms with Crippen LogP contribution in [0.5, 0.6) is 0 Å². The fourth-order valence-corrected chi connectivity index (χ4v) is 1.19. The van der Waals surface area contributed by atoms with Crippen molar-refractivity contribution in [3.8, 4) is 0 Å². The van der Waals surface area contributed by atoms with Crippen molar-refractivity contribution in [1.82, 2.24) is 0 Å². The van der Waals surface area contributed by atoms with Gasteiger partial charge in [-0.05, 0) is 0 Å². The van der Waals surface area contributed by atoms with E-state index >= 15 is 0 Å². The number of carbonyl (C=O) groups excluding carboxylic acids is 1. The van der Waals surface area contributed by atoms with Gasteiger partial charge in [-0.1, -0.05) is 24.3 Å². The SMILES string of the molecule is [CH2-]C(=O)c1ccc(N)cc1.[CH2-]c1ccc(N)cc1.[CH3-].[Y].[Y]. The third kappa shape index (κ3) is 11.0. The van der Waals surface area contributed by atoms with Crippen LogP contribution in [0.4, 0.5) is 11.4 Å². The average Bonchev–Trinajstić information content (AvgIpc) is 2.34. The maximum atomic E-state index is 10.6. The summed E-state index contributed by atoms with van der Waals surface area (Å²) in [5, 5.41) is 0. The van der Waals surface area contributed by atoms with Gasteiger partial charge in [0.25, 0.3) is 0 Å². The Morgan fingerprint density at radius 1 is 0.810 bits per heavy atom. The largest absolute Gasteiger partial charge is 0.400 e. The number of benzene rings is 2. The summed E-state index contributed by atoms with van der Waals surface area (Å²) >= 11 is 0. The van der Waals surface area contributed by atoms with Crippen LogP contribution in [-0.4, -0.2) is 5.78 Å². The summed E-state index contributed by atoms with van der Waals surface area (Å²) in [7, 11) is 0. The number of carbonyl (C=O) groups is 1. The van der Waals surface area contributed by atoms with Gasteiger partial charge in [0.15, 0.2) is 0 Å². The molecule has 3 nitrogen and oxygen atoms in total. The fraction of sp³-hybridized carbons (Fsp3) is 0. The second-order valence-corrected chi connectivity index (χ2v) is 3.79. The summed E-state index contributed by atoms with van der Waals surface area (Å²) in [5.74, 6) is -0.181. The Kier molecular flexibility index (Phi) is 16.3. The predicted octanol–water partition coefficient (Wildman–Crippen LogP) is 3.18. The molecule has 0 atom stereocenters. The van der Waals surface area contributed by atoms with Crippen LogP contribution in [0.3, 0.4) is 0 Å². The molecule has 0 heterocycles. The van der Waals surface area contributed by atoms with Crippen molar-refractivity contribution in [2.45, 2.75) is 0 Å². The van der Waals surface area contributed by atoms with Crippen LogP contribution in [0.15, 0.2) is 48.5 Å². The summed E-state index contributed by atoms with van der Waals surface area (Å²) < 4.78 is 0. The minimum atomic E-state index is -0.181. The van der Waals surface area contributed by atoms with Crippen LogP contribution < -0.4 is 11.5 Å². The Morgan fingerprint density at radius 2 is 1.14 bits per heavy atom. The van der Waals surface area contributed by atoms with Crippen molar-refractivity contribution in [2.24, 2.45) is 0 Å². The van der Waals surface area contributed by atoms with Crippen LogP contribution in [-0.2, 0) is 65.4 Å². The van der Waals surface area contributed by atoms with Crippen LogP contribution in [0.1, 0.15) is 15.9 Å². The molecule has 0 aliphatic carbocycles. The Hall–Kier alpha value is -0.342. The number of rotatable bonds is 1. The van der Waals surface area contributed by atoms with E-state index in [4.69, 9.17) is 11.5 Å². The second kappa shape index (κ2) is 13.3. The van der Waals surface area contributed by atoms with Crippen LogP contribution in [0.25, 0.3) is 0 Å². The summed E-state index contributed by atoms with van der Waals surface area (Å²) in [5.41, 5.74) is 13.8. The van der Waals surface area contributed by atoms with Crippen LogP contribution in [0, 0.1) is 21.3 Å². The first-order valence-electron chi connectivity index (χ1n) is 5.38. The molecule has 0 amide bonds. The van der Waals surface area contributed by atoms with Crippen molar-refractivity contribution < 1.29 is 70.2 Å². The van der Waals surface area contributed by atoms with Crippen LogP contribution >= 0.6 is 0 Å². The molecule has 4 N–H and O–H groups in total. The van der Waals surface area contributed by atoms with E-state index in [1.54, 1.807) is 24.3 Å². The topological polar surface area (TPSA) is 69.1 Å². The molecule has 0 aromatic heterocycles. The Morgan fingerprint density at radius 3 is 1.43 bits per heavy atom. The molecule has 2 rings (SSSR count). The first-order valence-corrected chi connectivity index (χ1v) is 5.38. The first kappa shape index (κ1) is 25.6. The first-order chi connectivity index (χ1) is 8.49. The molecule has 0 aliphatic heterocycles. The molecule has 0 saturated carbocycles. The Bertz CT molecular complexity index is 490. The molecule has 21 heavy (non-hydrogen) atoms. The average molecular weight is 433 g/mol. The zero-order chi connectivity index (χ0) is 13.5. The number of nitrogens with two attached hydrogens (primary N) is 2. The van der Waals surface area contributed by atoms with E-state index < -0.39 is 0 Å². The van der Waals surface area contributed by atoms with E-state index in [9.17, 15) is 4.79 Å². The molecule has 2 radical (unpaired) electrons. The van der Waals surface area contributed by atoms with E-state index in [0.717, 1.165) is 11.3 Å². The standard InChI is InChI=1S/C8H8NO.C7H8N.CH3.2Y/c1-6(10)7-2-4-8(9)5-3-7;1-6-2-4-7(8)5-3-6;;;/h2-5H,1,9H2;2-5H,1,8H2;1H3;;/q3*-1;;. The van der Waals surface area contributed by atoms with Gasteiger partial charge in [-0.25, -0.2) is 0 Å². The van der Waals surface area contributed by atoms with Gasteiger partial charge < -0.3 is 23.7 Å². The van der Waals surface area contributed by atoms with Gasteiger partial charge in [0.05, 0.1) is 0 Å². The van der Waals surface area contributed by atoms with Gasteiger partial charge in [0.2, 0.25) is 0 Å². The quantitative estimate of drug-likeness (QED) is 0.413. The monoisotopic (exact) mass is 433 g/mol. The fourth-order valence-electron chi connectivity index (χ4n) is 1.19. The molecule has 2 aromatic rings. The van der Waals surface area contributed by atoms with E-state index in [-0.39, 0.29) is 78.6 Å². The number of anilines is 2. The van der Waals surface area contributed by atoms with Gasteiger partial charge in [-0.15, -0.1) is 17.7 Å². The number of hydrogen-bond donors (Lipinski definition) is 2. The Balaban J connectivity index is -0.000000274. The van der Waals surface area contributed by atoms with Crippen molar-refractivity contribution in [1.29, 1.82) is 0 Å². The number of ketones is 1. The van der Waals surface area contributed by atoms with Crippen molar-refractivity contribution in [3.63, 3.8) is 0 Å². The second-order valence-electron chi connectivity index (χ2n) is 3.79. The number of nitrogen functional groups attached to an aromatic ring is 2. The normalized spacial score (nSPS) is 7.81. The number of hydrogen-bond acceptors (Lipinski definition) is 3. The van der Waals surface area contributed by atoms with E-state index in [1.165, 1.54) is 0 Å². The summed E-state index contributed by atoms with van der Waals surface area (Å²) in [6.45, 7) is 6.96. The number of Topliss-reactive ketones (excluding diaryl/α,β-unsaturated/α-hetero) is 1. The van der Waals surface area contributed by atoms with Gasteiger partial charge >= 0.3 is 0 Å². The Labute approximate surface area is 178 Å². The summed E-state index contributed by atoms with van der Waals surface area (Å²) in [6, 6.07) is 14.1. The van der Waals surface area contributed by atoms with Gasteiger partial charge in [-0.3, -0.25) is 0 Å². The predicted molar refractivity (Wildman–Crippen MR) is 82.3 cm³/mol. The van der Waals surface area contributed by atoms with E-state index in [0.29, 0.717) is 11.3 Å². The van der Waals surface area contributed by atoms with Crippen LogP contribution in [0.2, 0.25) is 0 Å². The minimum absolute atomic E-state index is 0. The third-order valence-electron chi connectivity index (χ3n) is 2.21. The zero-order valence-corrected chi connectivity index (χ0v) is 17.9. The maximum absolute atomic E-state index is 10.6. The molecule has 0 unspecified atom stereocenters. The molecule has 0 spiro atoms.